The van der Waals surface area contributed by atoms with Gasteiger partial charge in [-0.15, -0.1) is 0 Å². The molecule has 0 spiro atoms. The summed E-state index contributed by atoms with van der Waals surface area (Å²) in [4.78, 5) is 27.9. The molecule has 1 N–H and O–H groups in total. The number of halogens is 1. The van der Waals surface area contributed by atoms with Crippen molar-refractivity contribution in [3.8, 4) is 11.5 Å². The zero-order valence-electron chi connectivity index (χ0n) is 15.8. The predicted molar refractivity (Wildman–Crippen MR) is 102 cm³/mol. The normalized spacial score (nSPS) is 13.6. The van der Waals surface area contributed by atoms with Gasteiger partial charge in [-0.2, -0.15) is 0 Å². The third kappa shape index (κ3) is 4.16. The van der Waals surface area contributed by atoms with E-state index in [0.717, 1.165) is 0 Å². The molecule has 2 aromatic carbocycles. The molecule has 7 nitrogen and oxygen atoms in total. The number of nitrogens with one attached hydrogen (secondary N) is 1. The number of anilines is 1. The molecule has 3 amide bonds. The quantitative estimate of drug-likeness (QED) is 0.792. The number of hydrogen-bond donors (Lipinski definition) is 1. The van der Waals surface area contributed by atoms with Crippen molar-refractivity contribution in [3.05, 3.63) is 53.8 Å². The van der Waals surface area contributed by atoms with Crippen molar-refractivity contribution in [2.75, 3.05) is 38.8 Å². The van der Waals surface area contributed by atoms with E-state index in [0.29, 0.717) is 35.8 Å². The highest BCUT2D eigenvalue weighted by atomic mass is 19.1. The van der Waals surface area contributed by atoms with Gasteiger partial charge in [-0.3, -0.25) is 9.69 Å². The Labute approximate surface area is 162 Å². The van der Waals surface area contributed by atoms with Crippen molar-refractivity contribution in [2.24, 2.45) is 0 Å². The Morgan fingerprint density at radius 1 is 1.11 bits per heavy atom. The molecule has 1 aliphatic heterocycles. The van der Waals surface area contributed by atoms with Crippen LogP contribution in [0.2, 0.25) is 0 Å². The lowest BCUT2D eigenvalue weighted by Crippen LogP contribution is -2.39. The Bertz CT molecular complexity index is 874. The van der Waals surface area contributed by atoms with Crippen molar-refractivity contribution < 1.29 is 23.5 Å². The molecule has 0 atom stereocenters. The van der Waals surface area contributed by atoms with Crippen LogP contribution < -0.4 is 19.7 Å². The van der Waals surface area contributed by atoms with Gasteiger partial charge in [0.1, 0.15) is 12.4 Å². The summed E-state index contributed by atoms with van der Waals surface area (Å²) in [6.45, 7) is 0.860. The molecule has 0 bridgehead atoms. The molecule has 0 unspecified atom stereocenters. The summed E-state index contributed by atoms with van der Waals surface area (Å²) in [5.41, 5.74) is 1.06. The molecule has 2 aromatic rings. The van der Waals surface area contributed by atoms with Crippen LogP contribution in [0, 0.1) is 5.82 Å². The molecule has 1 fully saturated rings. The van der Waals surface area contributed by atoms with Crippen molar-refractivity contribution in [1.29, 1.82) is 0 Å². The second-order valence-corrected chi connectivity index (χ2v) is 6.26. The summed E-state index contributed by atoms with van der Waals surface area (Å²) in [5, 5.41) is 2.65. The highest BCUT2D eigenvalue weighted by Crippen LogP contribution is 2.32. The monoisotopic (exact) mass is 387 g/mol. The topological polar surface area (TPSA) is 71.1 Å². The fourth-order valence-corrected chi connectivity index (χ4v) is 3.03. The zero-order chi connectivity index (χ0) is 20.1. The predicted octanol–water partition coefficient (Wildman–Crippen LogP) is 2.40. The Morgan fingerprint density at radius 2 is 1.86 bits per heavy atom. The van der Waals surface area contributed by atoms with Gasteiger partial charge in [-0.05, 0) is 18.2 Å². The minimum absolute atomic E-state index is 0.0763. The maximum Gasteiger partial charge on any atom is 0.325 e. The van der Waals surface area contributed by atoms with E-state index in [9.17, 15) is 14.0 Å². The molecule has 28 heavy (non-hydrogen) atoms. The summed E-state index contributed by atoms with van der Waals surface area (Å²) < 4.78 is 24.1. The molecule has 0 saturated carbocycles. The average molecular weight is 387 g/mol. The highest BCUT2D eigenvalue weighted by molar-refractivity contribution is 5.96. The largest absolute Gasteiger partial charge is 0.493 e. The average Bonchev–Trinajstić information content (AvgIpc) is 3.07. The first-order chi connectivity index (χ1) is 13.5. The molecule has 1 saturated heterocycles. The SMILES string of the molecule is COc1ccc(N2CCN(CC(=O)NCc3ccccc3F)C2=O)cc1OC. The third-order valence-corrected chi connectivity index (χ3v) is 4.54. The van der Waals surface area contributed by atoms with Crippen molar-refractivity contribution in [2.45, 2.75) is 6.54 Å². The third-order valence-electron chi connectivity index (χ3n) is 4.54. The van der Waals surface area contributed by atoms with Crippen LogP contribution in [-0.2, 0) is 11.3 Å². The van der Waals surface area contributed by atoms with Crippen LogP contribution in [0.3, 0.4) is 0 Å². The molecular weight excluding hydrogens is 365 g/mol. The van der Waals surface area contributed by atoms with Crippen molar-refractivity contribution in [1.82, 2.24) is 10.2 Å². The summed E-state index contributed by atoms with van der Waals surface area (Å²) in [6, 6.07) is 11.2. The van der Waals surface area contributed by atoms with Gasteiger partial charge in [0.05, 0.1) is 14.2 Å². The van der Waals surface area contributed by atoms with E-state index in [1.165, 1.54) is 18.1 Å². The van der Waals surface area contributed by atoms with Gasteiger partial charge in [-0.1, -0.05) is 18.2 Å². The van der Waals surface area contributed by atoms with Gasteiger partial charge in [0.2, 0.25) is 5.91 Å². The Morgan fingerprint density at radius 3 is 2.57 bits per heavy atom. The molecule has 3 rings (SSSR count). The second-order valence-electron chi connectivity index (χ2n) is 6.26. The van der Waals surface area contributed by atoms with Crippen LogP contribution in [-0.4, -0.2) is 50.7 Å². The van der Waals surface area contributed by atoms with Gasteiger partial charge >= 0.3 is 6.03 Å². The van der Waals surface area contributed by atoms with Crippen LogP contribution in [0.15, 0.2) is 42.5 Å². The molecule has 0 aromatic heterocycles. The number of amides is 3. The minimum atomic E-state index is -0.375. The van der Waals surface area contributed by atoms with Crippen LogP contribution in [0.25, 0.3) is 0 Å². The molecule has 0 radical (unpaired) electrons. The maximum absolute atomic E-state index is 13.6. The number of urea groups is 1. The van der Waals surface area contributed by atoms with Crippen LogP contribution in [0.4, 0.5) is 14.9 Å². The van der Waals surface area contributed by atoms with Gasteiger partial charge in [0, 0.05) is 37.0 Å². The van der Waals surface area contributed by atoms with E-state index in [2.05, 4.69) is 5.32 Å². The summed E-state index contributed by atoms with van der Waals surface area (Å²) in [6.07, 6.45) is 0. The van der Waals surface area contributed by atoms with Crippen molar-refractivity contribution >= 4 is 17.6 Å². The lowest BCUT2D eigenvalue weighted by molar-refractivity contribution is -0.121. The van der Waals surface area contributed by atoms with Gasteiger partial charge < -0.3 is 19.7 Å². The maximum atomic E-state index is 13.6. The van der Waals surface area contributed by atoms with Crippen LogP contribution in [0.5, 0.6) is 11.5 Å². The van der Waals surface area contributed by atoms with E-state index < -0.39 is 0 Å². The number of methoxy groups -OCH3 is 2. The van der Waals surface area contributed by atoms with E-state index >= 15 is 0 Å². The molecule has 148 valence electrons. The van der Waals surface area contributed by atoms with E-state index in [-0.39, 0.29) is 30.8 Å². The molecule has 1 aliphatic rings. The number of carbonyl (C=O) groups excluding carboxylic acids is 2. The molecule has 0 aliphatic carbocycles. The fourth-order valence-electron chi connectivity index (χ4n) is 3.03. The van der Waals surface area contributed by atoms with E-state index in [1.807, 2.05) is 0 Å². The number of nitrogens with zero attached hydrogens (tertiary/aromatic N) is 2. The summed E-state index contributed by atoms with van der Waals surface area (Å²) >= 11 is 0. The summed E-state index contributed by atoms with van der Waals surface area (Å²) in [7, 11) is 3.07. The van der Waals surface area contributed by atoms with Crippen LogP contribution >= 0.6 is 0 Å². The standard InChI is InChI=1S/C20H22FN3O4/c1-27-17-8-7-15(11-18(17)28-2)24-10-9-23(20(24)26)13-19(25)22-12-14-5-3-4-6-16(14)21/h3-8,11H,9-10,12-13H2,1-2H3,(H,22,25). The Hall–Kier alpha value is -3.29. The molecular formula is C20H22FN3O4. The first-order valence-corrected chi connectivity index (χ1v) is 8.82. The van der Waals surface area contributed by atoms with E-state index in [1.54, 1.807) is 48.4 Å². The minimum Gasteiger partial charge on any atom is -0.493 e. The second kappa shape index (κ2) is 8.60. The Balaban J connectivity index is 1.59. The van der Waals surface area contributed by atoms with E-state index in [4.69, 9.17) is 9.47 Å². The zero-order valence-corrected chi connectivity index (χ0v) is 15.8. The van der Waals surface area contributed by atoms with Crippen molar-refractivity contribution in [3.63, 3.8) is 0 Å². The van der Waals surface area contributed by atoms with Gasteiger partial charge in [0.15, 0.2) is 11.5 Å². The lowest BCUT2D eigenvalue weighted by Gasteiger charge is -2.19. The number of carbonyl (C=O) groups is 2. The Kier molecular flexibility index (Phi) is 5.98. The number of hydrogen-bond acceptors (Lipinski definition) is 4. The van der Waals surface area contributed by atoms with Crippen LogP contribution in [0.1, 0.15) is 5.56 Å². The number of rotatable bonds is 7. The van der Waals surface area contributed by atoms with Gasteiger partial charge in [-0.25, -0.2) is 9.18 Å². The first-order valence-electron chi connectivity index (χ1n) is 8.82. The number of ether oxygens (including phenoxy) is 2. The first kappa shape index (κ1) is 19.5. The highest BCUT2D eigenvalue weighted by Gasteiger charge is 2.31. The number of benzene rings is 2. The molecule has 1 heterocycles. The molecule has 8 heteroatoms. The smallest absolute Gasteiger partial charge is 0.325 e. The summed E-state index contributed by atoms with van der Waals surface area (Å²) in [5.74, 6) is 0.376. The fraction of sp³-hybridized carbons (Fsp3) is 0.300. The lowest BCUT2D eigenvalue weighted by atomic mass is 10.2. The van der Waals surface area contributed by atoms with Gasteiger partial charge in [0.25, 0.3) is 0 Å².